The minimum atomic E-state index is 0.229. The van der Waals surface area contributed by atoms with Crippen LogP contribution in [-0.2, 0) is 16.0 Å². The predicted octanol–water partition coefficient (Wildman–Crippen LogP) is 6.27. The molecule has 2 aliphatic heterocycles. The molecule has 3 heterocycles. The molecule has 1 spiro atoms. The molecule has 41 heavy (non-hydrogen) atoms. The van der Waals surface area contributed by atoms with Crippen LogP contribution in [0.25, 0.3) is 10.9 Å². The number of halogens is 1. The minimum absolute atomic E-state index is 0.229. The second-order valence-electron chi connectivity index (χ2n) is 11.8. The van der Waals surface area contributed by atoms with Crippen LogP contribution in [0, 0.1) is 11.3 Å². The first-order valence-corrected chi connectivity index (χ1v) is 15.1. The van der Waals surface area contributed by atoms with E-state index in [1.807, 2.05) is 24.3 Å². The third-order valence-corrected chi connectivity index (χ3v) is 9.13. The summed E-state index contributed by atoms with van der Waals surface area (Å²) in [6.45, 7) is 5.66. The summed E-state index contributed by atoms with van der Waals surface area (Å²) in [5, 5.41) is 1.21. The van der Waals surface area contributed by atoms with Gasteiger partial charge in [0.15, 0.2) is 11.5 Å². The van der Waals surface area contributed by atoms with Crippen molar-refractivity contribution in [3.8, 4) is 23.1 Å². The van der Waals surface area contributed by atoms with E-state index in [0.29, 0.717) is 63.9 Å². The number of carbonyl (C=O) groups excluding carboxylic acids is 1. The standard InChI is InChI=1S/C32H38ClN3O5/c1-38-29-16-26-28(17-30(29)40-13-3-11-36-12-10-32(18-36)19-39-20-32)34-21-35-31(26)41-25-9-7-23(27(33)15-25)14-24(37)8-6-22-4-2-5-22/h7,9,15-17,21-22H,2-6,8,10-14,18-20H2,1H3. The number of aromatic nitrogens is 2. The fourth-order valence-electron chi connectivity index (χ4n) is 6.00. The number of hydrogen-bond donors (Lipinski definition) is 0. The number of Topliss-reactive ketones (excluding diaryl/α,β-unsaturated/α-hetero) is 1. The second kappa shape index (κ2) is 12.5. The molecule has 3 aromatic rings. The molecule has 1 saturated carbocycles. The van der Waals surface area contributed by atoms with Crippen LogP contribution < -0.4 is 14.2 Å². The Bertz CT molecular complexity index is 1390. The maximum Gasteiger partial charge on any atom is 0.230 e. The highest BCUT2D eigenvalue weighted by molar-refractivity contribution is 6.31. The summed E-state index contributed by atoms with van der Waals surface area (Å²) in [4.78, 5) is 23.8. The Morgan fingerprint density at radius 1 is 1.17 bits per heavy atom. The summed E-state index contributed by atoms with van der Waals surface area (Å²) in [7, 11) is 1.62. The number of fused-ring (bicyclic) bond motifs is 1. The molecular weight excluding hydrogens is 542 g/mol. The van der Waals surface area contributed by atoms with Crippen LogP contribution in [0.15, 0.2) is 36.7 Å². The smallest absolute Gasteiger partial charge is 0.230 e. The molecule has 8 nitrogen and oxygen atoms in total. The Hall–Kier alpha value is -2.94. The molecule has 0 atom stereocenters. The van der Waals surface area contributed by atoms with Crippen molar-refractivity contribution in [2.24, 2.45) is 11.3 Å². The molecule has 3 fully saturated rings. The Morgan fingerprint density at radius 3 is 2.76 bits per heavy atom. The van der Waals surface area contributed by atoms with Crippen molar-refractivity contribution in [3.63, 3.8) is 0 Å². The lowest BCUT2D eigenvalue weighted by molar-refractivity contribution is -0.118. The van der Waals surface area contributed by atoms with E-state index in [4.69, 9.17) is 30.5 Å². The fraction of sp³-hybridized carbons (Fsp3) is 0.531. The van der Waals surface area contributed by atoms with Gasteiger partial charge in [0.1, 0.15) is 17.9 Å². The molecule has 0 N–H and O–H groups in total. The molecule has 3 aliphatic rings. The van der Waals surface area contributed by atoms with Crippen molar-refractivity contribution >= 4 is 28.3 Å². The molecular formula is C32H38ClN3O5. The number of likely N-dealkylation sites (tertiary alicyclic amines) is 1. The van der Waals surface area contributed by atoms with E-state index in [-0.39, 0.29) is 5.78 Å². The molecule has 2 saturated heterocycles. The van der Waals surface area contributed by atoms with Gasteiger partial charge in [0.25, 0.3) is 0 Å². The first-order chi connectivity index (χ1) is 20.0. The predicted molar refractivity (Wildman–Crippen MR) is 157 cm³/mol. The van der Waals surface area contributed by atoms with Gasteiger partial charge >= 0.3 is 0 Å². The molecule has 0 radical (unpaired) electrons. The van der Waals surface area contributed by atoms with Crippen LogP contribution in [0.5, 0.6) is 23.1 Å². The highest BCUT2D eigenvalue weighted by Gasteiger charge is 2.43. The van der Waals surface area contributed by atoms with Gasteiger partial charge < -0.3 is 23.8 Å². The van der Waals surface area contributed by atoms with Crippen molar-refractivity contribution < 1.29 is 23.7 Å². The van der Waals surface area contributed by atoms with Gasteiger partial charge in [-0.25, -0.2) is 9.97 Å². The van der Waals surface area contributed by atoms with Gasteiger partial charge in [0.05, 0.1) is 37.8 Å². The lowest BCUT2D eigenvalue weighted by Crippen LogP contribution is -2.44. The number of hydrogen-bond acceptors (Lipinski definition) is 8. The van der Waals surface area contributed by atoms with Crippen LogP contribution in [0.2, 0.25) is 5.02 Å². The van der Waals surface area contributed by atoms with E-state index in [1.54, 1.807) is 13.2 Å². The Labute approximate surface area is 246 Å². The van der Waals surface area contributed by atoms with Gasteiger partial charge in [0.2, 0.25) is 5.88 Å². The van der Waals surface area contributed by atoms with E-state index >= 15 is 0 Å². The van der Waals surface area contributed by atoms with Crippen LogP contribution in [0.1, 0.15) is 50.5 Å². The van der Waals surface area contributed by atoms with E-state index in [2.05, 4.69) is 14.9 Å². The number of benzene rings is 2. The summed E-state index contributed by atoms with van der Waals surface area (Å²) in [6.07, 6.45) is 9.40. The quantitative estimate of drug-likeness (QED) is 0.219. The molecule has 218 valence electrons. The maximum atomic E-state index is 12.5. The number of rotatable bonds is 13. The zero-order valence-electron chi connectivity index (χ0n) is 23.7. The first kappa shape index (κ1) is 28.2. The zero-order valence-corrected chi connectivity index (χ0v) is 24.5. The molecule has 1 aromatic heterocycles. The van der Waals surface area contributed by atoms with E-state index in [9.17, 15) is 4.79 Å². The number of ether oxygens (including phenoxy) is 4. The largest absolute Gasteiger partial charge is 0.493 e. The van der Waals surface area contributed by atoms with Crippen LogP contribution in [0.4, 0.5) is 0 Å². The SMILES string of the molecule is COc1cc2c(Oc3ccc(CC(=O)CCC4CCC4)c(Cl)c3)ncnc2cc1OCCCN1CCC2(COC2)C1. The highest BCUT2D eigenvalue weighted by atomic mass is 35.5. The van der Waals surface area contributed by atoms with Crippen LogP contribution >= 0.6 is 11.6 Å². The summed E-state index contributed by atoms with van der Waals surface area (Å²) in [5.41, 5.74) is 1.91. The number of methoxy groups -OCH3 is 1. The van der Waals surface area contributed by atoms with E-state index < -0.39 is 0 Å². The summed E-state index contributed by atoms with van der Waals surface area (Å²) in [5.74, 6) is 3.12. The molecule has 0 amide bonds. The third-order valence-electron chi connectivity index (χ3n) is 8.78. The van der Waals surface area contributed by atoms with Gasteiger partial charge in [-0.2, -0.15) is 0 Å². The molecule has 1 aliphatic carbocycles. The van der Waals surface area contributed by atoms with Gasteiger partial charge in [-0.15, -0.1) is 0 Å². The lowest BCUT2D eigenvalue weighted by atomic mass is 9.81. The Balaban J connectivity index is 1.07. The minimum Gasteiger partial charge on any atom is -0.493 e. The average Bonchev–Trinajstić information content (AvgIpc) is 3.37. The second-order valence-corrected chi connectivity index (χ2v) is 12.2. The van der Waals surface area contributed by atoms with E-state index in [1.165, 1.54) is 32.0 Å². The van der Waals surface area contributed by atoms with E-state index in [0.717, 1.165) is 57.2 Å². The number of ketones is 1. The van der Waals surface area contributed by atoms with Crippen LogP contribution in [-0.4, -0.2) is 67.2 Å². The number of nitrogens with zero attached hydrogens (tertiary/aromatic N) is 3. The molecule has 0 unspecified atom stereocenters. The van der Waals surface area contributed by atoms with Gasteiger partial charge in [-0.1, -0.05) is 36.9 Å². The van der Waals surface area contributed by atoms with Gasteiger partial charge in [-0.3, -0.25) is 4.79 Å². The highest BCUT2D eigenvalue weighted by Crippen LogP contribution is 2.38. The molecule has 0 bridgehead atoms. The topological polar surface area (TPSA) is 83.0 Å². The zero-order chi connectivity index (χ0) is 28.2. The fourth-order valence-corrected chi connectivity index (χ4v) is 6.24. The van der Waals surface area contributed by atoms with Gasteiger partial charge in [-0.05, 0) is 55.5 Å². The maximum absolute atomic E-state index is 12.5. The Kier molecular flexibility index (Phi) is 8.60. The van der Waals surface area contributed by atoms with Crippen LogP contribution in [0.3, 0.4) is 0 Å². The van der Waals surface area contributed by atoms with Crippen molar-refractivity contribution in [2.45, 2.75) is 51.4 Å². The Morgan fingerprint density at radius 2 is 2.05 bits per heavy atom. The van der Waals surface area contributed by atoms with Crippen molar-refractivity contribution in [3.05, 3.63) is 47.2 Å². The lowest BCUT2D eigenvalue weighted by Gasteiger charge is -2.37. The van der Waals surface area contributed by atoms with Crippen molar-refractivity contribution in [2.75, 3.05) is 46.6 Å². The summed E-state index contributed by atoms with van der Waals surface area (Å²) < 4.78 is 23.3. The third kappa shape index (κ3) is 6.60. The first-order valence-electron chi connectivity index (χ1n) is 14.7. The molecule has 9 heteroatoms. The number of carbonyl (C=O) groups is 1. The molecule has 6 rings (SSSR count). The normalized spacial score (nSPS) is 18.3. The van der Waals surface area contributed by atoms with Gasteiger partial charge in [0, 0.05) is 42.4 Å². The monoisotopic (exact) mass is 579 g/mol. The van der Waals surface area contributed by atoms with Crippen molar-refractivity contribution in [1.82, 2.24) is 14.9 Å². The average molecular weight is 580 g/mol. The van der Waals surface area contributed by atoms with Crippen molar-refractivity contribution in [1.29, 1.82) is 0 Å². The summed E-state index contributed by atoms with van der Waals surface area (Å²) in [6, 6.07) is 9.13. The molecule has 2 aromatic carbocycles. The summed E-state index contributed by atoms with van der Waals surface area (Å²) >= 11 is 6.54.